The minimum Gasteiger partial charge on any atom is -0.381 e. The van der Waals surface area contributed by atoms with Gasteiger partial charge in [-0.2, -0.15) is 4.98 Å². The molecule has 6 heteroatoms. The molecule has 18 heavy (non-hydrogen) atoms. The predicted octanol–water partition coefficient (Wildman–Crippen LogP) is 0.264. The van der Waals surface area contributed by atoms with Crippen molar-refractivity contribution in [3.8, 4) is 0 Å². The van der Waals surface area contributed by atoms with Gasteiger partial charge in [-0.3, -0.25) is 0 Å². The molecule has 2 saturated heterocycles. The highest BCUT2D eigenvalue weighted by Crippen LogP contribution is 2.31. The van der Waals surface area contributed by atoms with Gasteiger partial charge >= 0.3 is 0 Å². The Balaban J connectivity index is 1.72. The molecule has 2 aliphatic heterocycles. The lowest BCUT2D eigenvalue weighted by atomic mass is 9.86. The molecule has 1 aromatic heterocycles. The van der Waals surface area contributed by atoms with Crippen molar-refractivity contribution in [2.24, 2.45) is 11.7 Å². The minimum atomic E-state index is -0.350. The van der Waals surface area contributed by atoms with Crippen molar-refractivity contribution in [1.29, 1.82) is 0 Å². The van der Waals surface area contributed by atoms with E-state index in [1.54, 1.807) is 0 Å². The molecule has 2 fully saturated rings. The summed E-state index contributed by atoms with van der Waals surface area (Å²) in [5, 5.41) is 4.05. The van der Waals surface area contributed by atoms with Gasteiger partial charge in [0, 0.05) is 25.7 Å². The molecule has 3 atom stereocenters. The summed E-state index contributed by atoms with van der Waals surface area (Å²) in [5.74, 6) is 1.86. The summed E-state index contributed by atoms with van der Waals surface area (Å²) in [6.07, 6.45) is 1.89. The SMILES string of the molecule is CC1(c2nc(CC3CCOC3)no2)COCC1N. The quantitative estimate of drug-likeness (QED) is 0.832. The lowest BCUT2D eigenvalue weighted by Crippen LogP contribution is -2.42. The van der Waals surface area contributed by atoms with Crippen molar-refractivity contribution in [2.45, 2.75) is 31.2 Å². The molecule has 2 N–H and O–H groups in total. The van der Waals surface area contributed by atoms with E-state index < -0.39 is 0 Å². The van der Waals surface area contributed by atoms with Crippen LogP contribution in [-0.4, -0.2) is 42.6 Å². The molecule has 0 amide bonds. The fourth-order valence-corrected chi connectivity index (χ4v) is 2.48. The third-order valence-electron chi connectivity index (χ3n) is 3.97. The van der Waals surface area contributed by atoms with Gasteiger partial charge in [-0.1, -0.05) is 5.16 Å². The van der Waals surface area contributed by atoms with Gasteiger partial charge in [0.05, 0.1) is 18.6 Å². The Morgan fingerprint density at radius 1 is 1.39 bits per heavy atom. The fourth-order valence-electron chi connectivity index (χ4n) is 2.48. The zero-order chi connectivity index (χ0) is 12.6. The van der Waals surface area contributed by atoms with E-state index in [-0.39, 0.29) is 11.5 Å². The average Bonchev–Trinajstić information content (AvgIpc) is 3.04. The standard InChI is InChI=1S/C12H19N3O3/c1-12(7-17-6-9(12)13)11-14-10(15-18-11)4-8-2-3-16-5-8/h8-9H,2-7,13H2,1H3. The lowest BCUT2D eigenvalue weighted by molar-refractivity contribution is 0.169. The molecule has 100 valence electrons. The largest absolute Gasteiger partial charge is 0.381 e. The van der Waals surface area contributed by atoms with E-state index in [4.69, 9.17) is 19.7 Å². The monoisotopic (exact) mass is 253 g/mol. The first-order valence-electron chi connectivity index (χ1n) is 6.42. The second kappa shape index (κ2) is 4.60. The van der Waals surface area contributed by atoms with Crippen molar-refractivity contribution in [3.05, 3.63) is 11.7 Å². The number of hydrogen-bond donors (Lipinski definition) is 1. The van der Waals surface area contributed by atoms with E-state index in [1.807, 2.05) is 6.92 Å². The molecule has 3 rings (SSSR count). The van der Waals surface area contributed by atoms with E-state index in [1.165, 1.54) is 0 Å². The third-order valence-corrected chi connectivity index (χ3v) is 3.97. The summed E-state index contributed by atoms with van der Waals surface area (Å²) >= 11 is 0. The number of rotatable bonds is 3. The van der Waals surface area contributed by atoms with Crippen molar-refractivity contribution < 1.29 is 14.0 Å². The van der Waals surface area contributed by atoms with Crippen LogP contribution in [0.5, 0.6) is 0 Å². The zero-order valence-electron chi connectivity index (χ0n) is 10.6. The highest BCUT2D eigenvalue weighted by molar-refractivity contribution is 5.11. The molecule has 3 unspecified atom stereocenters. The van der Waals surface area contributed by atoms with Crippen LogP contribution in [0.15, 0.2) is 4.52 Å². The van der Waals surface area contributed by atoms with Crippen LogP contribution < -0.4 is 5.73 Å². The molecule has 0 spiro atoms. The first kappa shape index (κ1) is 12.1. The fraction of sp³-hybridized carbons (Fsp3) is 0.833. The van der Waals surface area contributed by atoms with E-state index in [0.717, 1.165) is 31.9 Å². The minimum absolute atomic E-state index is 0.0828. The number of ether oxygens (including phenoxy) is 2. The maximum atomic E-state index is 6.05. The molecule has 6 nitrogen and oxygen atoms in total. The molecular formula is C12H19N3O3. The van der Waals surface area contributed by atoms with Crippen LogP contribution in [0.25, 0.3) is 0 Å². The van der Waals surface area contributed by atoms with Crippen molar-refractivity contribution in [2.75, 3.05) is 26.4 Å². The summed E-state index contributed by atoms with van der Waals surface area (Å²) in [7, 11) is 0. The number of aromatic nitrogens is 2. The van der Waals surface area contributed by atoms with Gasteiger partial charge in [-0.15, -0.1) is 0 Å². The van der Waals surface area contributed by atoms with Crippen LogP contribution in [0.1, 0.15) is 25.1 Å². The normalized spacial score (nSPS) is 36.3. The number of nitrogens with two attached hydrogens (primary N) is 1. The van der Waals surface area contributed by atoms with E-state index in [0.29, 0.717) is 25.0 Å². The number of hydrogen-bond acceptors (Lipinski definition) is 6. The van der Waals surface area contributed by atoms with E-state index in [9.17, 15) is 0 Å². The molecule has 0 aromatic carbocycles. The zero-order valence-corrected chi connectivity index (χ0v) is 10.6. The van der Waals surface area contributed by atoms with Crippen molar-refractivity contribution >= 4 is 0 Å². The van der Waals surface area contributed by atoms with E-state index >= 15 is 0 Å². The first-order valence-corrected chi connectivity index (χ1v) is 6.42. The highest BCUT2D eigenvalue weighted by Gasteiger charge is 2.44. The third kappa shape index (κ3) is 2.04. The van der Waals surface area contributed by atoms with Crippen LogP contribution >= 0.6 is 0 Å². The summed E-state index contributed by atoms with van der Waals surface area (Å²) < 4.78 is 16.1. The molecule has 1 aromatic rings. The summed E-state index contributed by atoms with van der Waals surface area (Å²) in [4.78, 5) is 4.48. The smallest absolute Gasteiger partial charge is 0.236 e. The number of nitrogens with zero attached hydrogens (tertiary/aromatic N) is 2. The van der Waals surface area contributed by atoms with Gasteiger partial charge in [0.25, 0.3) is 0 Å². The Bertz CT molecular complexity index is 416. The van der Waals surface area contributed by atoms with Crippen LogP contribution in [0.2, 0.25) is 0 Å². The Kier molecular flexibility index (Phi) is 3.09. The van der Waals surface area contributed by atoms with Gasteiger partial charge in [0.1, 0.15) is 0 Å². The van der Waals surface area contributed by atoms with Crippen molar-refractivity contribution in [3.63, 3.8) is 0 Å². The Morgan fingerprint density at radius 3 is 2.94 bits per heavy atom. The maximum absolute atomic E-state index is 6.05. The van der Waals surface area contributed by atoms with Crippen LogP contribution in [0.4, 0.5) is 0 Å². The molecule has 3 heterocycles. The second-order valence-corrected chi connectivity index (χ2v) is 5.49. The lowest BCUT2D eigenvalue weighted by Gasteiger charge is -2.21. The van der Waals surface area contributed by atoms with Gasteiger partial charge < -0.3 is 19.7 Å². The maximum Gasteiger partial charge on any atom is 0.236 e. The highest BCUT2D eigenvalue weighted by atomic mass is 16.5. The summed E-state index contributed by atoms with van der Waals surface area (Å²) in [6.45, 7) is 4.74. The van der Waals surface area contributed by atoms with Crippen molar-refractivity contribution in [1.82, 2.24) is 10.1 Å². The summed E-state index contributed by atoms with van der Waals surface area (Å²) in [5.41, 5.74) is 5.70. The Labute approximate surface area is 106 Å². The van der Waals surface area contributed by atoms with Gasteiger partial charge in [0.15, 0.2) is 5.82 Å². The van der Waals surface area contributed by atoms with Crippen LogP contribution in [0, 0.1) is 5.92 Å². The molecule has 0 bridgehead atoms. The molecule has 0 radical (unpaired) electrons. The van der Waals surface area contributed by atoms with Gasteiger partial charge in [-0.25, -0.2) is 0 Å². The molecular weight excluding hydrogens is 234 g/mol. The van der Waals surface area contributed by atoms with Gasteiger partial charge in [0.2, 0.25) is 5.89 Å². The molecule has 0 saturated carbocycles. The summed E-state index contributed by atoms with van der Waals surface area (Å²) in [6, 6.07) is -0.0828. The first-order chi connectivity index (χ1) is 8.68. The predicted molar refractivity (Wildman–Crippen MR) is 63.1 cm³/mol. The van der Waals surface area contributed by atoms with Crippen LogP contribution in [-0.2, 0) is 21.3 Å². The van der Waals surface area contributed by atoms with Gasteiger partial charge in [-0.05, 0) is 19.3 Å². The Hall–Kier alpha value is -0.980. The average molecular weight is 253 g/mol. The molecule has 0 aliphatic carbocycles. The topological polar surface area (TPSA) is 83.4 Å². The molecule has 2 aliphatic rings. The van der Waals surface area contributed by atoms with Crippen LogP contribution in [0.3, 0.4) is 0 Å². The Morgan fingerprint density at radius 2 is 2.28 bits per heavy atom. The second-order valence-electron chi connectivity index (χ2n) is 5.49. The van der Waals surface area contributed by atoms with E-state index in [2.05, 4.69) is 10.1 Å².